The molecular weight excluding hydrogens is 549 g/mol. The van der Waals surface area contributed by atoms with Crippen molar-refractivity contribution in [2.45, 2.75) is 20.0 Å². The second kappa shape index (κ2) is 11.9. The van der Waals surface area contributed by atoms with E-state index < -0.39 is 17.7 Å². The number of esters is 1. The SMILES string of the molecule is C=C(C)C(=O)Oc1ccc(C(=O)c2ccc(-c3ccc(-c4ccc(-c5ccc(C(F)(F)F)cc5)c(C)c4)cc3)cc2)cc1. The van der Waals surface area contributed by atoms with Crippen molar-refractivity contribution in [3.8, 4) is 39.1 Å². The van der Waals surface area contributed by atoms with E-state index in [1.54, 1.807) is 43.3 Å². The lowest BCUT2D eigenvalue weighted by atomic mass is 9.94. The Morgan fingerprint density at radius 3 is 1.56 bits per heavy atom. The van der Waals surface area contributed by atoms with Crippen LogP contribution in [0.4, 0.5) is 13.2 Å². The molecule has 0 radical (unpaired) electrons. The maximum absolute atomic E-state index is 13.0. The molecule has 0 amide bonds. The molecule has 0 N–H and O–H groups in total. The first-order valence-electron chi connectivity index (χ1n) is 13.5. The molecule has 0 aliphatic heterocycles. The maximum Gasteiger partial charge on any atom is 0.416 e. The number of hydrogen-bond donors (Lipinski definition) is 0. The van der Waals surface area contributed by atoms with E-state index in [1.165, 1.54) is 12.1 Å². The van der Waals surface area contributed by atoms with Crippen LogP contribution in [0.25, 0.3) is 33.4 Å². The summed E-state index contributed by atoms with van der Waals surface area (Å²) in [6.07, 6.45) is -4.36. The number of rotatable bonds is 7. The van der Waals surface area contributed by atoms with Gasteiger partial charge in [-0.05, 0) is 89.2 Å². The Hall–Kier alpha value is -5.23. The van der Waals surface area contributed by atoms with Crippen LogP contribution in [-0.4, -0.2) is 11.8 Å². The fraction of sp³-hybridized carbons (Fsp3) is 0.0811. The van der Waals surface area contributed by atoms with Gasteiger partial charge in [0.25, 0.3) is 0 Å². The molecular formula is C37H27F3O3. The van der Waals surface area contributed by atoms with Crippen LogP contribution in [0.3, 0.4) is 0 Å². The van der Waals surface area contributed by atoms with E-state index in [1.807, 2.05) is 61.5 Å². The summed E-state index contributed by atoms with van der Waals surface area (Å²) in [4.78, 5) is 24.7. The van der Waals surface area contributed by atoms with Crippen LogP contribution in [0.5, 0.6) is 5.75 Å². The molecule has 5 aromatic carbocycles. The lowest BCUT2D eigenvalue weighted by molar-refractivity contribution is -0.137. The van der Waals surface area contributed by atoms with Crippen molar-refractivity contribution in [3.05, 3.63) is 150 Å². The van der Waals surface area contributed by atoms with Gasteiger partial charge in [-0.3, -0.25) is 4.79 Å². The summed E-state index contributed by atoms with van der Waals surface area (Å²) < 4.78 is 43.9. The number of aryl methyl sites for hydroxylation is 1. The summed E-state index contributed by atoms with van der Waals surface area (Å²) in [5.74, 6) is -0.323. The van der Waals surface area contributed by atoms with E-state index in [2.05, 4.69) is 6.58 Å². The predicted octanol–water partition coefficient (Wildman–Crippen LogP) is 9.73. The molecule has 0 saturated heterocycles. The Kier molecular flexibility index (Phi) is 8.13. The molecule has 0 aromatic heterocycles. The summed E-state index contributed by atoms with van der Waals surface area (Å²) in [6, 6.07) is 32.9. The van der Waals surface area contributed by atoms with Crippen LogP contribution in [0.15, 0.2) is 127 Å². The Bertz CT molecular complexity index is 1800. The Labute approximate surface area is 247 Å². The highest BCUT2D eigenvalue weighted by molar-refractivity contribution is 6.09. The van der Waals surface area contributed by atoms with Gasteiger partial charge in [0.15, 0.2) is 5.78 Å². The normalized spacial score (nSPS) is 11.2. The van der Waals surface area contributed by atoms with Gasteiger partial charge in [-0.1, -0.05) is 85.4 Å². The third-order valence-electron chi connectivity index (χ3n) is 7.12. The van der Waals surface area contributed by atoms with Crippen LogP contribution in [0.2, 0.25) is 0 Å². The molecule has 43 heavy (non-hydrogen) atoms. The van der Waals surface area contributed by atoms with Crippen LogP contribution in [-0.2, 0) is 11.0 Å². The second-order valence-electron chi connectivity index (χ2n) is 10.3. The average Bonchev–Trinajstić information content (AvgIpc) is 3.01. The van der Waals surface area contributed by atoms with Gasteiger partial charge in [0, 0.05) is 16.7 Å². The van der Waals surface area contributed by atoms with Gasteiger partial charge in [-0.2, -0.15) is 13.2 Å². The summed E-state index contributed by atoms with van der Waals surface area (Å²) in [6.45, 7) is 7.06. The Morgan fingerprint density at radius 2 is 1.07 bits per heavy atom. The molecule has 0 atom stereocenters. The lowest BCUT2D eigenvalue weighted by Gasteiger charge is -2.12. The fourth-order valence-electron chi connectivity index (χ4n) is 4.71. The summed E-state index contributed by atoms with van der Waals surface area (Å²) in [5.41, 5.74) is 7.17. The van der Waals surface area contributed by atoms with Crippen molar-refractivity contribution in [1.82, 2.24) is 0 Å². The topological polar surface area (TPSA) is 43.4 Å². The molecule has 6 heteroatoms. The molecule has 0 heterocycles. The predicted molar refractivity (Wildman–Crippen MR) is 163 cm³/mol. The molecule has 0 unspecified atom stereocenters. The van der Waals surface area contributed by atoms with Gasteiger partial charge in [0.05, 0.1) is 5.56 Å². The summed E-state index contributed by atoms with van der Waals surface area (Å²) >= 11 is 0. The minimum atomic E-state index is -4.36. The maximum atomic E-state index is 13.0. The van der Waals surface area contributed by atoms with E-state index in [0.717, 1.165) is 51.1 Å². The van der Waals surface area contributed by atoms with E-state index in [0.29, 0.717) is 22.4 Å². The second-order valence-corrected chi connectivity index (χ2v) is 10.3. The van der Waals surface area contributed by atoms with Gasteiger partial charge in [0.2, 0.25) is 0 Å². The van der Waals surface area contributed by atoms with Crippen molar-refractivity contribution in [1.29, 1.82) is 0 Å². The first-order valence-corrected chi connectivity index (χ1v) is 13.5. The zero-order valence-electron chi connectivity index (χ0n) is 23.5. The van der Waals surface area contributed by atoms with Crippen molar-refractivity contribution >= 4 is 11.8 Å². The van der Waals surface area contributed by atoms with E-state index in [-0.39, 0.29) is 5.78 Å². The van der Waals surface area contributed by atoms with Crippen LogP contribution < -0.4 is 4.74 Å². The highest BCUT2D eigenvalue weighted by atomic mass is 19.4. The van der Waals surface area contributed by atoms with Gasteiger partial charge >= 0.3 is 12.1 Å². The quantitative estimate of drug-likeness (QED) is 0.0838. The van der Waals surface area contributed by atoms with Crippen LogP contribution in [0, 0.1) is 6.92 Å². The minimum Gasteiger partial charge on any atom is -0.423 e. The number of halogens is 3. The van der Waals surface area contributed by atoms with E-state index in [9.17, 15) is 22.8 Å². The first kappa shape index (κ1) is 29.3. The number of ether oxygens (including phenoxy) is 1. The summed E-state index contributed by atoms with van der Waals surface area (Å²) in [7, 11) is 0. The molecule has 3 nitrogen and oxygen atoms in total. The van der Waals surface area contributed by atoms with Gasteiger partial charge in [-0.15, -0.1) is 0 Å². The number of benzene rings is 5. The van der Waals surface area contributed by atoms with Crippen molar-refractivity contribution in [3.63, 3.8) is 0 Å². The van der Waals surface area contributed by atoms with Crippen LogP contribution >= 0.6 is 0 Å². The number of alkyl halides is 3. The number of ketones is 1. The highest BCUT2D eigenvalue weighted by Gasteiger charge is 2.30. The molecule has 5 rings (SSSR count). The molecule has 5 aromatic rings. The molecule has 0 bridgehead atoms. The minimum absolute atomic E-state index is 0.144. The van der Waals surface area contributed by atoms with Gasteiger partial charge in [0.1, 0.15) is 5.75 Å². The summed E-state index contributed by atoms with van der Waals surface area (Å²) in [5, 5.41) is 0. The Morgan fingerprint density at radius 1 is 0.628 bits per heavy atom. The zero-order chi connectivity index (χ0) is 30.7. The Balaban J connectivity index is 1.27. The van der Waals surface area contributed by atoms with Gasteiger partial charge < -0.3 is 4.74 Å². The van der Waals surface area contributed by atoms with Crippen LogP contribution in [0.1, 0.15) is 34.0 Å². The van der Waals surface area contributed by atoms with E-state index in [4.69, 9.17) is 4.74 Å². The lowest BCUT2D eigenvalue weighted by Crippen LogP contribution is -2.08. The van der Waals surface area contributed by atoms with E-state index >= 15 is 0 Å². The van der Waals surface area contributed by atoms with Crippen molar-refractivity contribution in [2.24, 2.45) is 0 Å². The molecule has 214 valence electrons. The smallest absolute Gasteiger partial charge is 0.416 e. The zero-order valence-corrected chi connectivity index (χ0v) is 23.5. The first-order chi connectivity index (χ1) is 20.5. The standard InChI is InChI=1S/C37H27F3O3/c1-23(2)36(42)43-33-19-14-30(15-20-33)35(41)29-10-8-26(9-11-29)25-4-6-27(7-5-25)31-16-21-34(24(3)22-31)28-12-17-32(18-13-28)37(38,39)40/h4-22H,1H2,2-3H3. The number of hydrogen-bond acceptors (Lipinski definition) is 3. The number of carbonyl (C=O) groups excluding carboxylic acids is 2. The largest absolute Gasteiger partial charge is 0.423 e. The van der Waals surface area contributed by atoms with Crippen molar-refractivity contribution in [2.75, 3.05) is 0 Å². The average molecular weight is 577 g/mol. The molecule has 0 aliphatic rings. The monoisotopic (exact) mass is 576 g/mol. The van der Waals surface area contributed by atoms with Crippen molar-refractivity contribution < 1.29 is 27.5 Å². The molecule has 0 saturated carbocycles. The molecule has 0 aliphatic carbocycles. The third kappa shape index (κ3) is 6.65. The molecule has 0 fully saturated rings. The third-order valence-corrected chi connectivity index (χ3v) is 7.12. The van der Waals surface area contributed by atoms with Gasteiger partial charge in [-0.25, -0.2) is 4.79 Å². The highest BCUT2D eigenvalue weighted by Crippen LogP contribution is 2.33. The molecule has 0 spiro atoms. The fourth-order valence-corrected chi connectivity index (χ4v) is 4.71. The number of carbonyl (C=O) groups is 2.